The molecule has 1 aromatic rings. The number of amides is 1. The van der Waals surface area contributed by atoms with Crippen molar-refractivity contribution in [3.05, 3.63) is 34.3 Å². The minimum absolute atomic E-state index is 0.109. The van der Waals surface area contributed by atoms with Crippen LogP contribution < -0.4 is 5.32 Å². The SMILES string of the molecule is Cc1cc(Cl)cc(C(=O)NC2(CC(=O)O)CCOCC2)c1. The van der Waals surface area contributed by atoms with Gasteiger partial charge in [-0.3, -0.25) is 9.59 Å². The number of halogens is 1. The van der Waals surface area contributed by atoms with Crippen LogP contribution in [-0.2, 0) is 9.53 Å². The molecule has 2 N–H and O–H groups in total. The molecule has 1 fully saturated rings. The van der Waals surface area contributed by atoms with Gasteiger partial charge >= 0.3 is 5.97 Å². The van der Waals surface area contributed by atoms with Gasteiger partial charge in [-0.2, -0.15) is 0 Å². The van der Waals surface area contributed by atoms with Crippen molar-refractivity contribution in [3.8, 4) is 0 Å². The van der Waals surface area contributed by atoms with Crippen molar-refractivity contribution < 1.29 is 19.4 Å². The third-order valence-corrected chi connectivity index (χ3v) is 3.84. The fourth-order valence-corrected chi connectivity index (χ4v) is 2.87. The second kappa shape index (κ2) is 6.45. The summed E-state index contributed by atoms with van der Waals surface area (Å²) >= 11 is 5.96. The Morgan fingerprint density at radius 2 is 2.00 bits per heavy atom. The zero-order valence-electron chi connectivity index (χ0n) is 11.8. The molecule has 0 unspecified atom stereocenters. The first kappa shape index (κ1) is 15.8. The number of carboxylic acids is 1. The van der Waals surface area contributed by atoms with Crippen molar-refractivity contribution in [2.24, 2.45) is 0 Å². The van der Waals surface area contributed by atoms with E-state index in [4.69, 9.17) is 21.4 Å². The standard InChI is InChI=1S/C15H18ClNO4/c1-10-6-11(8-12(16)7-10)14(20)17-15(9-13(18)19)2-4-21-5-3-15/h6-8H,2-5,9H2,1H3,(H,17,20)(H,18,19). The first-order valence-electron chi connectivity index (χ1n) is 6.79. The molecule has 1 amide bonds. The van der Waals surface area contributed by atoms with E-state index in [1.54, 1.807) is 18.2 Å². The lowest BCUT2D eigenvalue weighted by Gasteiger charge is -2.36. The van der Waals surface area contributed by atoms with E-state index in [0.29, 0.717) is 36.6 Å². The molecule has 0 aromatic heterocycles. The summed E-state index contributed by atoms with van der Waals surface area (Å²) in [5.41, 5.74) is 0.570. The number of carboxylic acid groups (broad SMARTS) is 1. The summed E-state index contributed by atoms with van der Waals surface area (Å²) < 4.78 is 5.27. The minimum atomic E-state index is -0.931. The monoisotopic (exact) mass is 311 g/mol. The van der Waals surface area contributed by atoms with Crippen molar-refractivity contribution >= 4 is 23.5 Å². The zero-order chi connectivity index (χ0) is 15.5. The Bertz CT molecular complexity index is 532. The molecule has 1 aromatic carbocycles. The lowest BCUT2D eigenvalue weighted by Crippen LogP contribution is -2.53. The van der Waals surface area contributed by atoms with Crippen LogP contribution in [0.3, 0.4) is 0 Å². The maximum absolute atomic E-state index is 12.4. The number of carbonyl (C=O) groups is 2. The van der Waals surface area contributed by atoms with E-state index in [1.165, 1.54) is 0 Å². The van der Waals surface area contributed by atoms with Gasteiger partial charge in [0.15, 0.2) is 0 Å². The molecule has 21 heavy (non-hydrogen) atoms. The van der Waals surface area contributed by atoms with Gasteiger partial charge in [0.05, 0.1) is 12.0 Å². The molecule has 1 aliphatic heterocycles. The molecule has 0 radical (unpaired) electrons. The van der Waals surface area contributed by atoms with Gasteiger partial charge in [-0.05, 0) is 43.5 Å². The molecule has 0 spiro atoms. The summed E-state index contributed by atoms with van der Waals surface area (Å²) in [6.07, 6.45) is 0.872. The van der Waals surface area contributed by atoms with Crippen LogP contribution in [0.15, 0.2) is 18.2 Å². The normalized spacial score (nSPS) is 17.2. The third kappa shape index (κ3) is 4.19. The van der Waals surface area contributed by atoms with Gasteiger partial charge in [0.1, 0.15) is 0 Å². The van der Waals surface area contributed by atoms with E-state index in [-0.39, 0.29) is 12.3 Å². The summed E-state index contributed by atoms with van der Waals surface area (Å²) in [6.45, 7) is 2.74. The van der Waals surface area contributed by atoms with Gasteiger partial charge in [0.25, 0.3) is 5.91 Å². The number of aryl methyl sites for hydroxylation is 1. The van der Waals surface area contributed by atoms with E-state index in [9.17, 15) is 9.59 Å². The summed E-state index contributed by atoms with van der Waals surface area (Å²) in [7, 11) is 0. The first-order valence-corrected chi connectivity index (χ1v) is 7.17. The van der Waals surface area contributed by atoms with Crippen molar-refractivity contribution in [3.63, 3.8) is 0 Å². The maximum atomic E-state index is 12.4. The van der Waals surface area contributed by atoms with Crippen molar-refractivity contribution in [1.29, 1.82) is 0 Å². The molecule has 1 saturated heterocycles. The maximum Gasteiger partial charge on any atom is 0.305 e. The number of nitrogens with one attached hydrogen (secondary N) is 1. The molecule has 1 aliphatic rings. The molecule has 0 aliphatic carbocycles. The van der Waals surface area contributed by atoms with Crippen LogP contribution in [0.5, 0.6) is 0 Å². The van der Waals surface area contributed by atoms with E-state index >= 15 is 0 Å². The van der Waals surface area contributed by atoms with Crippen LogP contribution in [0.2, 0.25) is 5.02 Å². The van der Waals surface area contributed by atoms with E-state index in [0.717, 1.165) is 5.56 Å². The smallest absolute Gasteiger partial charge is 0.305 e. The molecule has 6 heteroatoms. The predicted molar refractivity (Wildman–Crippen MR) is 78.7 cm³/mol. The van der Waals surface area contributed by atoms with Crippen LogP contribution in [0.4, 0.5) is 0 Å². The number of ether oxygens (including phenoxy) is 1. The highest BCUT2D eigenvalue weighted by molar-refractivity contribution is 6.31. The highest BCUT2D eigenvalue weighted by Crippen LogP contribution is 2.25. The highest BCUT2D eigenvalue weighted by atomic mass is 35.5. The molecule has 0 bridgehead atoms. The summed E-state index contributed by atoms with van der Waals surface area (Å²) in [5.74, 6) is -1.23. The van der Waals surface area contributed by atoms with Crippen LogP contribution in [0.25, 0.3) is 0 Å². The topological polar surface area (TPSA) is 75.6 Å². The van der Waals surface area contributed by atoms with Crippen molar-refractivity contribution in [2.75, 3.05) is 13.2 Å². The quantitative estimate of drug-likeness (QED) is 0.895. The molecular formula is C15H18ClNO4. The Balaban J connectivity index is 2.19. The van der Waals surface area contributed by atoms with E-state index in [1.807, 2.05) is 6.92 Å². The Hall–Kier alpha value is -1.59. The lowest BCUT2D eigenvalue weighted by atomic mass is 9.86. The molecular weight excluding hydrogens is 294 g/mol. The minimum Gasteiger partial charge on any atom is -0.481 e. The van der Waals surface area contributed by atoms with Gasteiger partial charge in [-0.25, -0.2) is 0 Å². The summed E-state index contributed by atoms with van der Waals surface area (Å²) in [6, 6.07) is 5.08. The van der Waals surface area contributed by atoms with Crippen LogP contribution in [-0.4, -0.2) is 35.7 Å². The molecule has 114 valence electrons. The third-order valence-electron chi connectivity index (χ3n) is 3.62. The second-order valence-corrected chi connectivity index (χ2v) is 5.87. The number of aliphatic carboxylic acids is 1. The number of rotatable bonds is 4. The number of benzene rings is 1. The predicted octanol–water partition coefficient (Wildman–Crippen LogP) is 2.40. The average Bonchev–Trinajstić information content (AvgIpc) is 2.37. The lowest BCUT2D eigenvalue weighted by molar-refractivity contribution is -0.139. The van der Waals surface area contributed by atoms with Crippen molar-refractivity contribution in [1.82, 2.24) is 5.32 Å². The van der Waals surface area contributed by atoms with Gasteiger partial charge in [-0.1, -0.05) is 11.6 Å². The van der Waals surface area contributed by atoms with E-state index < -0.39 is 11.5 Å². The van der Waals surface area contributed by atoms with Crippen LogP contribution in [0, 0.1) is 6.92 Å². The number of hydrogen-bond acceptors (Lipinski definition) is 3. The Morgan fingerprint density at radius 1 is 1.33 bits per heavy atom. The Labute approximate surface area is 128 Å². The van der Waals surface area contributed by atoms with Gasteiger partial charge in [0.2, 0.25) is 0 Å². The molecule has 1 heterocycles. The van der Waals surface area contributed by atoms with Gasteiger partial charge in [0, 0.05) is 23.8 Å². The molecule has 5 nitrogen and oxygen atoms in total. The zero-order valence-corrected chi connectivity index (χ0v) is 12.6. The Kier molecular flexibility index (Phi) is 4.85. The Morgan fingerprint density at radius 3 is 2.57 bits per heavy atom. The van der Waals surface area contributed by atoms with Gasteiger partial charge < -0.3 is 15.2 Å². The van der Waals surface area contributed by atoms with Crippen LogP contribution in [0.1, 0.15) is 35.2 Å². The fraction of sp³-hybridized carbons (Fsp3) is 0.467. The second-order valence-electron chi connectivity index (χ2n) is 5.43. The summed E-state index contributed by atoms with van der Waals surface area (Å²) in [4.78, 5) is 23.5. The number of carbonyl (C=O) groups excluding carboxylic acids is 1. The fourth-order valence-electron chi connectivity index (χ4n) is 2.58. The average molecular weight is 312 g/mol. The molecule has 0 saturated carbocycles. The highest BCUT2D eigenvalue weighted by Gasteiger charge is 2.36. The molecule has 2 rings (SSSR count). The van der Waals surface area contributed by atoms with Crippen LogP contribution >= 0.6 is 11.6 Å². The first-order chi connectivity index (χ1) is 9.90. The summed E-state index contributed by atoms with van der Waals surface area (Å²) in [5, 5.41) is 12.5. The number of hydrogen-bond donors (Lipinski definition) is 2. The largest absolute Gasteiger partial charge is 0.481 e. The van der Waals surface area contributed by atoms with E-state index in [2.05, 4.69) is 5.32 Å². The van der Waals surface area contributed by atoms with Crippen molar-refractivity contribution in [2.45, 2.75) is 31.7 Å². The van der Waals surface area contributed by atoms with Gasteiger partial charge in [-0.15, -0.1) is 0 Å². The molecule has 0 atom stereocenters.